The summed E-state index contributed by atoms with van der Waals surface area (Å²) in [5.74, 6) is 0. The average Bonchev–Trinajstić information content (AvgIpc) is 0.740. The number of hydrogen-bond acceptors (Lipinski definition) is 2. The quantitative estimate of drug-likeness (QED) is 0.0480. The van der Waals surface area contributed by atoms with Gasteiger partial charge in [-0.25, -0.2) is 0 Å². The van der Waals surface area contributed by atoms with Gasteiger partial charge in [0.2, 0.25) is 0 Å². The molecule has 0 heterocycles. The average molecular weight is 1280 g/mol. The maximum Gasteiger partial charge on any atom is 0.179 e. The van der Waals surface area contributed by atoms with Crippen LogP contribution in [0.1, 0.15) is 11.1 Å². The molecule has 0 fully saturated rings. The predicted octanol–water partition coefficient (Wildman–Crippen LogP) is 19.2. The fourth-order valence-electron chi connectivity index (χ4n) is 14.8. The fraction of sp³-hybridized carbons (Fsp3) is 0. The number of fused-ring (bicyclic) bond motifs is 2. The van der Waals surface area contributed by atoms with Crippen molar-refractivity contribution in [1.29, 1.82) is 0 Å². The number of benzene rings is 16. The van der Waals surface area contributed by atoms with Crippen LogP contribution >= 0.6 is 0 Å². The van der Waals surface area contributed by atoms with Gasteiger partial charge in [-0.05, 0) is 181 Å². The zero-order chi connectivity index (χ0) is 65.5. The summed E-state index contributed by atoms with van der Waals surface area (Å²) < 4.78 is 0. The van der Waals surface area contributed by atoms with Gasteiger partial charge in [-0.2, -0.15) is 0 Å². The molecule has 0 aliphatic heterocycles. The topological polar surface area (TPSA) is 6.48 Å². The molecule has 16 rings (SSSR count). The highest BCUT2D eigenvalue weighted by molar-refractivity contribution is 7.20. The monoisotopic (exact) mass is 1280 g/mol. The number of rotatable bonds is 18. The Labute approximate surface area is 577 Å². The van der Waals surface area contributed by atoms with Gasteiger partial charge in [-0.3, -0.25) is 0 Å². The summed E-state index contributed by atoms with van der Waals surface area (Å²) >= 11 is 0. The molecular formula is C94H70N2Si2. The Morgan fingerprint density at radius 1 is 0.163 bits per heavy atom. The Bertz CT molecular complexity index is 4840. The molecule has 0 aliphatic carbocycles. The Kier molecular flexibility index (Phi) is 16.9. The first-order valence-electron chi connectivity index (χ1n) is 33.8. The summed E-state index contributed by atoms with van der Waals surface area (Å²) in [6.45, 7) is 0. The molecule has 0 atom stereocenters. The van der Waals surface area contributed by atoms with E-state index in [1.165, 1.54) is 85.3 Å². The lowest BCUT2D eigenvalue weighted by atomic mass is 10.0. The van der Waals surface area contributed by atoms with Crippen molar-refractivity contribution < 1.29 is 0 Å². The smallest absolute Gasteiger partial charge is 0.179 e. The minimum Gasteiger partial charge on any atom is -0.310 e. The van der Waals surface area contributed by atoms with Crippen LogP contribution in [0.3, 0.4) is 0 Å². The normalized spacial score (nSPS) is 11.6. The van der Waals surface area contributed by atoms with Gasteiger partial charge in [-0.15, -0.1) is 0 Å². The van der Waals surface area contributed by atoms with Crippen molar-refractivity contribution in [1.82, 2.24) is 0 Å². The Balaban J connectivity index is 0.712. The van der Waals surface area contributed by atoms with Gasteiger partial charge in [0.25, 0.3) is 0 Å². The first-order chi connectivity index (χ1) is 48.6. The first-order valence-corrected chi connectivity index (χ1v) is 37.8. The standard InChI is InChI=1S/C94H70N2Si2/c1-9-25-73(26-10-1)75-47-53-81(54-48-75)95(83-59-63-93(64-60-83)97(87-29-13-3-14-30-87,88-31-15-4-16-32-88)89-33-17-5-18-34-89)85-57-51-77-67-71(43-45-79(77)69-85)41-42-72-44-46-80-70-86(58-52-78(80)68-72)96(82-55-49-76(50-56-82)74-27-11-2-12-28-74)84-61-65-94(66-62-84)98(90-35-19-6-20-36-90,91-37-21-7-22-38-91)92-39-23-8-24-40-92/h1-70H/b42-41+. The van der Waals surface area contributed by atoms with Crippen LogP contribution in [0.2, 0.25) is 0 Å². The van der Waals surface area contributed by atoms with Gasteiger partial charge in [0.15, 0.2) is 16.1 Å². The van der Waals surface area contributed by atoms with Crippen molar-refractivity contribution in [3.05, 3.63) is 424 Å². The van der Waals surface area contributed by atoms with E-state index in [9.17, 15) is 0 Å². The van der Waals surface area contributed by atoms with Crippen LogP contribution in [0.15, 0.2) is 413 Å². The van der Waals surface area contributed by atoms with Crippen LogP contribution in [-0.4, -0.2) is 16.1 Å². The lowest BCUT2D eigenvalue weighted by Crippen LogP contribution is -2.74. The van der Waals surface area contributed by atoms with E-state index in [0.29, 0.717) is 0 Å². The fourth-order valence-corrected chi connectivity index (χ4v) is 24.3. The van der Waals surface area contributed by atoms with Crippen molar-refractivity contribution in [2.24, 2.45) is 0 Å². The molecule has 4 heteroatoms. The van der Waals surface area contributed by atoms with E-state index >= 15 is 0 Å². The molecule has 2 nitrogen and oxygen atoms in total. The second-order valence-electron chi connectivity index (χ2n) is 25.2. The van der Waals surface area contributed by atoms with Crippen LogP contribution < -0.4 is 51.3 Å². The largest absolute Gasteiger partial charge is 0.310 e. The van der Waals surface area contributed by atoms with Crippen LogP contribution in [0.5, 0.6) is 0 Å². The zero-order valence-electron chi connectivity index (χ0n) is 54.3. The lowest BCUT2D eigenvalue weighted by molar-refractivity contribution is 1.29. The van der Waals surface area contributed by atoms with Gasteiger partial charge in [0.1, 0.15) is 0 Å². The maximum absolute atomic E-state index is 2.73. The highest BCUT2D eigenvalue weighted by Gasteiger charge is 2.43. The highest BCUT2D eigenvalue weighted by atomic mass is 28.3. The molecule has 0 N–H and O–H groups in total. The van der Waals surface area contributed by atoms with Crippen molar-refractivity contribution in [2.45, 2.75) is 0 Å². The van der Waals surface area contributed by atoms with E-state index in [2.05, 4.69) is 434 Å². The van der Waals surface area contributed by atoms with Crippen LogP contribution in [-0.2, 0) is 0 Å². The third-order valence-corrected chi connectivity index (χ3v) is 29.1. The second-order valence-corrected chi connectivity index (χ2v) is 32.8. The summed E-state index contributed by atoms with van der Waals surface area (Å²) in [7, 11) is -5.47. The van der Waals surface area contributed by atoms with Crippen molar-refractivity contribution in [3.63, 3.8) is 0 Å². The minimum atomic E-state index is -2.73. The Morgan fingerprint density at radius 3 is 0.643 bits per heavy atom. The third-order valence-electron chi connectivity index (χ3n) is 19.5. The van der Waals surface area contributed by atoms with Crippen LogP contribution in [0.25, 0.3) is 56.0 Å². The predicted molar refractivity (Wildman–Crippen MR) is 424 cm³/mol. The summed E-state index contributed by atoms with van der Waals surface area (Å²) in [5, 5.41) is 15.5. The second kappa shape index (κ2) is 27.3. The van der Waals surface area contributed by atoms with Gasteiger partial charge >= 0.3 is 0 Å². The minimum absolute atomic E-state index is 1.09. The Hall–Kier alpha value is -12.2. The molecule has 0 radical (unpaired) electrons. The number of anilines is 6. The third kappa shape index (κ3) is 11.8. The van der Waals surface area contributed by atoms with Gasteiger partial charge in [0.05, 0.1) is 0 Å². The Morgan fingerprint density at radius 2 is 0.367 bits per heavy atom. The molecule has 16 aromatic rings. The van der Waals surface area contributed by atoms with Gasteiger partial charge in [-0.1, -0.05) is 340 Å². The van der Waals surface area contributed by atoms with E-state index in [1.807, 2.05) is 0 Å². The van der Waals surface area contributed by atoms with Gasteiger partial charge in [0, 0.05) is 34.1 Å². The summed E-state index contributed by atoms with van der Waals surface area (Å²) in [6.07, 6.45) is 4.48. The van der Waals surface area contributed by atoms with Crippen molar-refractivity contribution in [3.8, 4) is 22.3 Å². The molecule has 0 aromatic heterocycles. The molecule has 0 aliphatic rings. The molecule has 16 aromatic carbocycles. The maximum atomic E-state index is 2.40. The van der Waals surface area contributed by atoms with E-state index in [0.717, 1.165) is 45.3 Å². The molecule has 98 heavy (non-hydrogen) atoms. The van der Waals surface area contributed by atoms with E-state index in [4.69, 9.17) is 0 Å². The van der Waals surface area contributed by atoms with E-state index in [1.54, 1.807) is 0 Å². The number of nitrogens with zero attached hydrogens (tertiary/aromatic N) is 2. The van der Waals surface area contributed by atoms with E-state index in [-0.39, 0.29) is 0 Å². The SMILES string of the molecule is C(=C\c1ccc2cc(N(c3ccc(-c4ccccc4)cc3)c3ccc([Si](c4ccccc4)(c4ccccc4)c4ccccc4)cc3)ccc2c1)/c1ccc2cc(N(c3ccc(-c4ccccc4)cc3)c3ccc([Si](c4ccccc4)(c4ccccc4)c4ccccc4)cc3)ccc2c1. The summed E-state index contributed by atoms with van der Waals surface area (Å²) in [5.41, 5.74) is 13.6. The first kappa shape index (κ1) is 60.7. The van der Waals surface area contributed by atoms with Gasteiger partial charge < -0.3 is 9.80 Å². The van der Waals surface area contributed by atoms with Crippen LogP contribution in [0, 0.1) is 0 Å². The zero-order valence-corrected chi connectivity index (χ0v) is 56.3. The molecule has 0 saturated carbocycles. The molecule has 0 amide bonds. The molecule has 0 spiro atoms. The van der Waals surface area contributed by atoms with Crippen LogP contribution in [0.4, 0.5) is 34.1 Å². The van der Waals surface area contributed by atoms with E-state index < -0.39 is 16.1 Å². The molecular weight excluding hydrogens is 1210 g/mol. The summed E-state index contributed by atoms with van der Waals surface area (Å²) in [6, 6.07) is 152. The molecule has 0 saturated heterocycles. The van der Waals surface area contributed by atoms with Crippen molar-refractivity contribution >= 4 is 125 Å². The highest BCUT2D eigenvalue weighted by Crippen LogP contribution is 2.40. The molecule has 464 valence electrons. The molecule has 0 bridgehead atoms. The number of hydrogen-bond donors (Lipinski definition) is 0. The molecule has 0 unspecified atom stereocenters. The summed E-state index contributed by atoms with van der Waals surface area (Å²) in [4.78, 5) is 4.80. The van der Waals surface area contributed by atoms with Crippen molar-refractivity contribution in [2.75, 3.05) is 9.80 Å². The lowest BCUT2D eigenvalue weighted by Gasteiger charge is -2.35.